The number of carbonyl (C=O) groups is 3. The molecular formula is C17H20N4O5S. The van der Waals surface area contributed by atoms with Gasteiger partial charge in [-0.05, 0) is 31.5 Å². The van der Waals surface area contributed by atoms with Gasteiger partial charge in [-0.3, -0.25) is 25.2 Å². The third kappa shape index (κ3) is 7.82. The molecule has 9 nitrogen and oxygen atoms in total. The third-order valence-electron chi connectivity index (χ3n) is 3.06. The van der Waals surface area contributed by atoms with E-state index in [1.807, 2.05) is 19.1 Å². The fourth-order valence-corrected chi connectivity index (χ4v) is 2.52. The molecule has 0 radical (unpaired) electrons. The quantitative estimate of drug-likeness (QED) is 0.577. The predicted octanol–water partition coefficient (Wildman–Crippen LogP) is 1.19. The second-order valence-corrected chi connectivity index (χ2v) is 6.55. The first-order valence-corrected chi connectivity index (χ1v) is 9.16. The van der Waals surface area contributed by atoms with Crippen molar-refractivity contribution in [3.8, 4) is 5.75 Å². The number of rotatable bonds is 8. The van der Waals surface area contributed by atoms with Crippen LogP contribution in [-0.2, 0) is 14.4 Å². The molecule has 0 atom stereocenters. The van der Waals surface area contributed by atoms with Gasteiger partial charge >= 0.3 is 0 Å². The maximum atomic E-state index is 11.7. The minimum absolute atomic E-state index is 0.00425. The lowest BCUT2D eigenvalue weighted by Gasteiger charge is -2.09. The first-order valence-electron chi connectivity index (χ1n) is 8.00. The van der Waals surface area contributed by atoms with Crippen molar-refractivity contribution in [3.05, 3.63) is 41.7 Å². The van der Waals surface area contributed by atoms with E-state index in [1.54, 1.807) is 25.1 Å². The molecule has 10 heteroatoms. The lowest BCUT2D eigenvalue weighted by molar-refractivity contribution is -0.128. The van der Waals surface area contributed by atoms with E-state index in [0.717, 1.165) is 17.3 Å². The molecule has 2 rings (SSSR count). The number of nitrogens with one attached hydrogen (secondary N) is 3. The molecule has 1 aromatic heterocycles. The van der Waals surface area contributed by atoms with Crippen LogP contribution in [0.2, 0.25) is 0 Å². The highest BCUT2D eigenvalue weighted by Crippen LogP contribution is 2.12. The van der Waals surface area contributed by atoms with Gasteiger partial charge in [0, 0.05) is 6.07 Å². The molecule has 0 fully saturated rings. The van der Waals surface area contributed by atoms with Crippen LogP contribution in [0.25, 0.3) is 0 Å². The van der Waals surface area contributed by atoms with Crippen molar-refractivity contribution in [2.75, 3.05) is 23.4 Å². The molecule has 3 N–H and O–H groups in total. The predicted molar refractivity (Wildman–Crippen MR) is 100 cm³/mol. The van der Waals surface area contributed by atoms with Gasteiger partial charge in [0.15, 0.2) is 12.4 Å². The van der Waals surface area contributed by atoms with E-state index >= 15 is 0 Å². The molecule has 1 heterocycles. The molecule has 0 unspecified atom stereocenters. The summed E-state index contributed by atoms with van der Waals surface area (Å²) in [7, 11) is 0. The minimum Gasteiger partial charge on any atom is -0.484 e. The van der Waals surface area contributed by atoms with Crippen molar-refractivity contribution in [1.82, 2.24) is 16.0 Å². The Balaban J connectivity index is 1.57. The van der Waals surface area contributed by atoms with Gasteiger partial charge in [0.2, 0.25) is 11.8 Å². The van der Waals surface area contributed by atoms with Gasteiger partial charge in [-0.15, -0.1) is 11.8 Å². The number of amides is 3. The van der Waals surface area contributed by atoms with Crippen LogP contribution < -0.4 is 20.9 Å². The third-order valence-corrected chi connectivity index (χ3v) is 4.00. The molecule has 1 aromatic carbocycles. The van der Waals surface area contributed by atoms with Crippen molar-refractivity contribution in [2.45, 2.75) is 13.8 Å². The smallest absolute Gasteiger partial charge is 0.276 e. The fraction of sp³-hybridized carbons (Fsp3) is 0.294. The molecule has 0 bridgehead atoms. The van der Waals surface area contributed by atoms with Gasteiger partial charge in [0.25, 0.3) is 5.91 Å². The average Bonchev–Trinajstić information content (AvgIpc) is 3.03. The first-order chi connectivity index (χ1) is 12.9. The van der Waals surface area contributed by atoms with Crippen molar-refractivity contribution in [1.29, 1.82) is 0 Å². The number of hydrogen-bond acceptors (Lipinski definition) is 7. The Morgan fingerprint density at radius 1 is 1.07 bits per heavy atom. The molecule has 0 aliphatic carbocycles. The average molecular weight is 392 g/mol. The number of ether oxygens (including phenoxy) is 1. The summed E-state index contributed by atoms with van der Waals surface area (Å²) in [5, 5.41) is 6.18. The van der Waals surface area contributed by atoms with Crippen LogP contribution in [0.1, 0.15) is 11.3 Å². The van der Waals surface area contributed by atoms with Crippen molar-refractivity contribution in [2.24, 2.45) is 0 Å². The molecule has 3 amide bonds. The van der Waals surface area contributed by atoms with Crippen LogP contribution in [0.15, 0.2) is 34.9 Å². The number of thioether (sulfide) groups is 1. The second-order valence-electron chi connectivity index (χ2n) is 5.57. The van der Waals surface area contributed by atoms with Crippen LogP contribution >= 0.6 is 11.8 Å². The summed E-state index contributed by atoms with van der Waals surface area (Å²) in [6, 6.07) is 8.86. The monoisotopic (exact) mass is 392 g/mol. The number of anilines is 1. The summed E-state index contributed by atoms with van der Waals surface area (Å²) < 4.78 is 10.1. The van der Waals surface area contributed by atoms with Gasteiger partial charge in [-0.25, -0.2) is 0 Å². The van der Waals surface area contributed by atoms with Gasteiger partial charge in [-0.2, -0.15) is 0 Å². The van der Waals surface area contributed by atoms with E-state index < -0.39 is 11.8 Å². The largest absolute Gasteiger partial charge is 0.484 e. The normalized spacial score (nSPS) is 10.1. The van der Waals surface area contributed by atoms with Crippen LogP contribution in [0.3, 0.4) is 0 Å². The maximum Gasteiger partial charge on any atom is 0.276 e. The molecule has 0 aliphatic rings. The molecule has 144 valence electrons. The zero-order chi connectivity index (χ0) is 19.6. The van der Waals surface area contributed by atoms with Gasteiger partial charge in [0.05, 0.1) is 11.5 Å². The highest BCUT2D eigenvalue weighted by Gasteiger charge is 2.09. The molecule has 0 spiro atoms. The van der Waals surface area contributed by atoms with E-state index in [-0.39, 0.29) is 24.0 Å². The number of aryl methyl sites for hydroxylation is 2. The second kappa shape index (κ2) is 10.2. The van der Waals surface area contributed by atoms with Crippen molar-refractivity contribution >= 4 is 35.3 Å². The minimum atomic E-state index is -0.492. The number of carbonyl (C=O) groups excluding carboxylic acids is 3. The van der Waals surface area contributed by atoms with Crippen molar-refractivity contribution in [3.63, 3.8) is 0 Å². The Bertz CT molecular complexity index is 808. The lowest BCUT2D eigenvalue weighted by Crippen LogP contribution is -2.44. The molecular weight excluding hydrogens is 372 g/mol. The van der Waals surface area contributed by atoms with Gasteiger partial charge in [0.1, 0.15) is 11.5 Å². The summed E-state index contributed by atoms with van der Waals surface area (Å²) in [5.74, 6) is 0.302. The number of nitrogens with zero attached hydrogens (tertiary/aromatic N) is 1. The zero-order valence-electron chi connectivity index (χ0n) is 14.9. The maximum absolute atomic E-state index is 11.7. The van der Waals surface area contributed by atoms with E-state index in [1.165, 1.54) is 0 Å². The zero-order valence-corrected chi connectivity index (χ0v) is 15.7. The first kappa shape index (κ1) is 20.3. The van der Waals surface area contributed by atoms with Crippen molar-refractivity contribution < 1.29 is 23.6 Å². The summed E-state index contributed by atoms with van der Waals surface area (Å²) >= 11 is 1.09. The van der Waals surface area contributed by atoms with Gasteiger partial charge in [-0.1, -0.05) is 17.3 Å². The van der Waals surface area contributed by atoms with Crippen LogP contribution in [0, 0.1) is 13.8 Å². The Morgan fingerprint density at radius 3 is 2.52 bits per heavy atom. The molecule has 0 aliphatic heterocycles. The number of hydrogen-bond donors (Lipinski definition) is 3. The highest BCUT2D eigenvalue weighted by molar-refractivity contribution is 8.00. The van der Waals surface area contributed by atoms with E-state index in [0.29, 0.717) is 17.3 Å². The molecule has 0 saturated carbocycles. The summed E-state index contributed by atoms with van der Waals surface area (Å²) in [4.78, 5) is 35.0. The summed E-state index contributed by atoms with van der Waals surface area (Å²) in [5.41, 5.74) is 5.52. The van der Waals surface area contributed by atoms with E-state index in [9.17, 15) is 14.4 Å². The lowest BCUT2D eigenvalue weighted by atomic mass is 10.2. The SMILES string of the molecule is Cc1cccc(OCC(=O)NNC(=O)CSCC(=O)Nc2cc(C)on2)c1. The van der Waals surface area contributed by atoms with Crippen LogP contribution in [0.4, 0.5) is 5.82 Å². The Hall–Kier alpha value is -3.01. The number of hydrazine groups is 1. The standard InChI is InChI=1S/C17H20N4O5S/c1-11-4-3-5-13(6-11)25-8-15(22)19-20-17(24)10-27-9-16(23)18-14-7-12(2)26-21-14/h3-7H,8-10H2,1-2H3,(H,19,22)(H,20,24)(H,18,21,23). The Kier molecular flexibility index (Phi) is 7.68. The van der Waals surface area contributed by atoms with Gasteiger partial charge < -0.3 is 14.6 Å². The fourth-order valence-electron chi connectivity index (χ4n) is 1.91. The Labute approximate surface area is 160 Å². The van der Waals surface area contributed by atoms with Crippen LogP contribution in [-0.4, -0.2) is 41.0 Å². The number of benzene rings is 1. The molecule has 2 aromatic rings. The topological polar surface area (TPSA) is 123 Å². The van der Waals surface area contributed by atoms with E-state index in [4.69, 9.17) is 9.26 Å². The Morgan fingerprint density at radius 2 is 1.81 bits per heavy atom. The summed E-state index contributed by atoms with van der Waals surface area (Å²) in [6.07, 6.45) is 0. The van der Waals surface area contributed by atoms with E-state index in [2.05, 4.69) is 21.3 Å². The molecule has 0 saturated heterocycles. The molecule has 27 heavy (non-hydrogen) atoms. The highest BCUT2D eigenvalue weighted by atomic mass is 32.2. The van der Waals surface area contributed by atoms with Crippen LogP contribution in [0.5, 0.6) is 5.75 Å². The number of aromatic nitrogens is 1. The summed E-state index contributed by atoms with van der Waals surface area (Å²) in [6.45, 7) is 3.40.